The van der Waals surface area contributed by atoms with Crippen LogP contribution in [0.2, 0.25) is 0 Å². The van der Waals surface area contributed by atoms with Gasteiger partial charge in [-0.1, -0.05) is 18.2 Å². The number of nitrogens with zero attached hydrogens (tertiary/aromatic N) is 5. The van der Waals surface area contributed by atoms with Gasteiger partial charge in [-0.25, -0.2) is 4.98 Å². The Labute approximate surface area is 135 Å². The molecule has 0 aliphatic carbocycles. The monoisotopic (exact) mass is 321 g/mol. The first-order valence-corrected chi connectivity index (χ1v) is 7.70. The highest BCUT2D eigenvalue weighted by Gasteiger charge is 2.06. The largest absolute Gasteiger partial charge is 0.282 e. The van der Waals surface area contributed by atoms with Crippen LogP contribution in [-0.4, -0.2) is 24.6 Å². The summed E-state index contributed by atoms with van der Waals surface area (Å²) in [6, 6.07) is 12.9. The first kappa shape index (κ1) is 13.7. The van der Waals surface area contributed by atoms with E-state index in [1.807, 2.05) is 36.4 Å². The lowest BCUT2D eigenvalue weighted by Gasteiger charge is -2.04. The molecule has 0 aliphatic heterocycles. The average Bonchev–Trinajstić information content (AvgIpc) is 3.02. The van der Waals surface area contributed by atoms with Crippen molar-refractivity contribution in [2.24, 2.45) is 5.10 Å². The molecule has 23 heavy (non-hydrogen) atoms. The van der Waals surface area contributed by atoms with Crippen LogP contribution in [0.3, 0.4) is 0 Å². The molecule has 0 saturated carbocycles. The third-order valence-corrected chi connectivity index (χ3v) is 4.07. The number of hydrogen-bond donors (Lipinski definition) is 0. The second-order valence-electron chi connectivity index (χ2n) is 5.05. The molecule has 0 fully saturated rings. The topological polar surface area (TPSA) is 73.0 Å². The number of aromatic nitrogens is 4. The second-order valence-corrected chi connectivity index (χ2v) is 5.58. The van der Waals surface area contributed by atoms with Gasteiger partial charge in [0.25, 0.3) is 5.56 Å². The highest BCUT2D eigenvalue weighted by molar-refractivity contribution is 7.00. The molecule has 4 aromatic rings. The maximum Gasteiger partial charge on any atom is 0.282 e. The highest BCUT2D eigenvalue weighted by Crippen LogP contribution is 2.12. The fourth-order valence-electron chi connectivity index (χ4n) is 2.37. The zero-order valence-electron chi connectivity index (χ0n) is 12.2. The maximum absolute atomic E-state index is 12.5. The van der Waals surface area contributed by atoms with Crippen molar-refractivity contribution in [3.63, 3.8) is 0 Å². The molecule has 0 unspecified atom stereocenters. The lowest BCUT2D eigenvalue weighted by molar-refractivity contribution is 0.771. The van der Waals surface area contributed by atoms with Gasteiger partial charge in [-0.2, -0.15) is 18.5 Å². The summed E-state index contributed by atoms with van der Waals surface area (Å²) in [6.45, 7) is 1.76. The van der Waals surface area contributed by atoms with E-state index in [-0.39, 0.29) is 5.56 Å². The fourth-order valence-corrected chi connectivity index (χ4v) is 2.89. The molecule has 6 nitrogen and oxygen atoms in total. The molecule has 4 rings (SSSR count). The number of fused-ring (bicyclic) bond motifs is 2. The molecule has 0 spiro atoms. The van der Waals surface area contributed by atoms with E-state index >= 15 is 0 Å². The molecule has 0 aliphatic rings. The minimum atomic E-state index is -0.180. The van der Waals surface area contributed by atoms with Crippen molar-refractivity contribution in [2.45, 2.75) is 6.92 Å². The van der Waals surface area contributed by atoms with Crippen molar-refractivity contribution in [1.29, 1.82) is 0 Å². The van der Waals surface area contributed by atoms with Gasteiger partial charge >= 0.3 is 0 Å². The van der Waals surface area contributed by atoms with Crippen molar-refractivity contribution >= 4 is 39.9 Å². The summed E-state index contributed by atoms with van der Waals surface area (Å²) in [4.78, 5) is 16.9. The first-order valence-electron chi connectivity index (χ1n) is 6.97. The fraction of sp³-hybridized carbons (Fsp3) is 0.0625. The Morgan fingerprint density at radius 3 is 2.83 bits per heavy atom. The number of para-hydroxylation sites is 1. The van der Waals surface area contributed by atoms with Crippen molar-refractivity contribution in [3.05, 3.63) is 64.2 Å². The number of hydrogen-bond acceptors (Lipinski definition) is 6. The molecule has 2 aromatic heterocycles. The van der Waals surface area contributed by atoms with Crippen LogP contribution < -0.4 is 5.56 Å². The van der Waals surface area contributed by atoms with Crippen molar-refractivity contribution in [1.82, 2.24) is 18.4 Å². The second kappa shape index (κ2) is 5.36. The third kappa shape index (κ3) is 2.40. The predicted molar refractivity (Wildman–Crippen MR) is 91.1 cm³/mol. The number of aryl methyl sites for hydroxylation is 1. The number of benzene rings is 2. The summed E-state index contributed by atoms with van der Waals surface area (Å²) in [5, 5.41) is 4.84. The van der Waals surface area contributed by atoms with Gasteiger partial charge in [-0.05, 0) is 36.8 Å². The quantitative estimate of drug-likeness (QED) is 0.532. The van der Waals surface area contributed by atoms with Crippen molar-refractivity contribution in [3.8, 4) is 0 Å². The van der Waals surface area contributed by atoms with E-state index in [1.54, 1.807) is 19.2 Å². The van der Waals surface area contributed by atoms with E-state index in [4.69, 9.17) is 0 Å². The Balaban J connectivity index is 1.81. The molecule has 0 radical (unpaired) electrons. The normalized spacial score (nSPS) is 11.7. The lowest BCUT2D eigenvalue weighted by atomic mass is 10.2. The highest BCUT2D eigenvalue weighted by atomic mass is 32.1. The van der Waals surface area contributed by atoms with Crippen LogP contribution in [0.1, 0.15) is 11.4 Å². The molecule has 0 amide bonds. The Hall–Kier alpha value is -2.93. The molecule has 2 heterocycles. The number of rotatable bonds is 2. The molecule has 0 atom stereocenters. The minimum Gasteiger partial charge on any atom is -0.267 e. The molecule has 7 heteroatoms. The Bertz CT molecular complexity index is 1110. The van der Waals surface area contributed by atoms with E-state index in [0.29, 0.717) is 16.7 Å². The van der Waals surface area contributed by atoms with Gasteiger partial charge in [0.15, 0.2) is 0 Å². The summed E-state index contributed by atoms with van der Waals surface area (Å²) < 4.78 is 9.67. The molecule has 0 bridgehead atoms. The van der Waals surface area contributed by atoms with Crippen LogP contribution in [0.4, 0.5) is 0 Å². The van der Waals surface area contributed by atoms with Crippen LogP contribution in [0.5, 0.6) is 0 Å². The zero-order valence-corrected chi connectivity index (χ0v) is 13.0. The Morgan fingerprint density at radius 2 is 1.91 bits per heavy atom. The molecule has 0 N–H and O–H groups in total. The molecular weight excluding hydrogens is 310 g/mol. The molecule has 112 valence electrons. The summed E-state index contributed by atoms with van der Waals surface area (Å²) in [5.41, 5.74) is 3.02. The zero-order chi connectivity index (χ0) is 15.8. The van der Waals surface area contributed by atoms with Gasteiger partial charge in [0.05, 0.1) is 28.8 Å². The van der Waals surface area contributed by atoms with Crippen molar-refractivity contribution < 1.29 is 0 Å². The van der Waals surface area contributed by atoms with Crippen LogP contribution in [0.15, 0.2) is 52.4 Å². The van der Waals surface area contributed by atoms with E-state index < -0.39 is 0 Å². The third-order valence-electron chi connectivity index (χ3n) is 3.52. The average molecular weight is 321 g/mol. The Kier molecular flexibility index (Phi) is 3.20. The lowest BCUT2D eigenvalue weighted by Crippen LogP contribution is -2.20. The predicted octanol–water partition coefficient (Wildman–Crippen LogP) is 2.59. The van der Waals surface area contributed by atoms with Gasteiger partial charge in [0, 0.05) is 0 Å². The maximum atomic E-state index is 12.5. The van der Waals surface area contributed by atoms with E-state index in [2.05, 4.69) is 18.8 Å². The van der Waals surface area contributed by atoms with Crippen LogP contribution in [0, 0.1) is 6.92 Å². The first-order chi connectivity index (χ1) is 11.2. The van der Waals surface area contributed by atoms with Gasteiger partial charge in [0.2, 0.25) is 0 Å². The van der Waals surface area contributed by atoms with E-state index in [1.165, 1.54) is 16.4 Å². The van der Waals surface area contributed by atoms with Crippen LogP contribution >= 0.6 is 11.7 Å². The molecular formula is C16H11N5OS. The Morgan fingerprint density at radius 1 is 1.09 bits per heavy atom. The van der Waals surface area contributed by atoms with Gasteiger partial charge in [-0.3, -0.25) is 4.79 Å². The van der Waals surface area contributed by atoms with Crippen LogP contribution in [-0.2, 0) is 0 Å². The summed E-state index contributed by atoms with van der Waals surface area (Å²) >= 11 is 1.17. The van der Waals surface area contributed by atoms with Crippen molar-refractivity contribution in [2.75, 3.05) is 0 Å². The van der Waals surface area contributed by atoms with Gasteiger partial charge < -0.3 is 0 Å². The molecule has 2 aromatic carbocycles. The van der Waals surface area contributed by atoms with Gasteiger partial charge in [-0.15, -0.1) is 0 Å². The molecule has 0 saturated heterocycles. The summed E-state index contributed by atoms with van der Waals surface area (Å²) in [6.07, 6.45) is 1.63. The summed E-state index contributed by atoms with van der Waals surface area (Å²) in [7, 11) is 0. The summed E-state index contributed by atoms with van der Waals surface area (Å²) in [5.74, 6) is 0.543. The SMILES string of the molecule is Cc1nc2ccccc2c(=O)n1/N=C/c1ccc2nsnc2c1. The van der Waals surface area contributed by atoms with Crippen LogP contribution in [0.25, 0.3) is 21.9 Å². The van der Waals surface area contributed by atoms with Gasteiger partial charge in [0.1, 0.15) is 16.9 Å². The minimum absolute atomic E-state index is 0.180. The smallest absolute Gasteiger partial charge is 0.267 e. The van der Waals surface area contributed by atoms with E-state index in [9.17, 15) is 4.79 Å². The standard InChI is InChI=1S/C16H11N5OS/c1-10-18-13-5-3-2-4-12(13)16(22)21(10)17-9-11-6-7-14-15(8-11)20-23-19-14/h2-9H,1H3/b17-9+. The van der Waals surface area contributed by atoms with E-state index in [0.717, 1.165) is 16.6 Å².